The molecule has 14 heavy (non-hydrogen) atoms. The van der Waals surface area contributed by atoms with Gasteiger partial charge in [-0.15, -0.1) is 0 Å². The zero-order chi connectivity index (χ0) is 10.6. The summed E-state index contributed by atoms with van der Waals surface area (Å²) in [6, 6.07) is 7.84. The van der Waals surface area contributed by atoms with Crippen LogP contribution in [0.1, 0.15) is 19.4 Å². The van der Waals surface area contributed by atoms with E-state index in [0.717, 1.165) is 17.7 Å². The van der Waals surface area contributed by atoms with Crippen molar-refractivity contribution in [3.63, 3.8) is 0 Å². The Labute approximate surface area is 84.9 Å². The number of hydrogen-bond acceptors (Lipinski definition) is 2. The molecule has 0 aliphatic carbocycles. The maximum absolute atomic E-state index is 11.1. The van der Waals surface area contributed by atoms with Crippen molar-refractivity contribution >= 4 is 5.78 Å². The quantitative estimate of drug-likeness (QED) is 0.732. The number of carbonyl (C=O) groups excluding carboxylic acids is 1. The van der Waals surface area contributed by atoms with Gasteiger partial charge in [-0.25, -0.2) is 0 Å². The standard InChI is InChI=1S/C12H16O2/c1-9(10(2)13)7-11-5-4-6-12(8-11)14-3/h4-6,8-9H,7H2,1-3H3/t9-/m0/s1. The van der Waals surface area contributed by atoms with Crippen LogP contribution in [0.2, 0.25) is 0 Å². The minimum atomic E-state index is 0.0853. The zero-order valence-electron chi connectivity index (χ0n) is 8.91. The molecule has 0 aliphatic heterocycles. The SMILES string of the molecule is COc1cccc(C[C@H](C)C(C)=O)c1. The van der Waals surface area contributed by atoms with Gasteiger partial charge in [0, 0.05) is 5.92 Å². The molecule has 0 N–H and O–H groups in total. The smallest absolute Gasteiger partial charge is 0.132 e. The van der Waals surface area contributed by atoms with Crippen LogP contribution in [0.3, 0.4) is 0 Å². The Hall–Kier alpha value is -1.31. The largest absolute Gasteiger partial charge is 0.497 e. The highest BCUT2D eigenvalue weighted by Gasteiger charge is 2.08. The zero-order valence-corrected chi connectivity index (χ0v) is 8.91. The number of rotatable bonds is 4. The Morgan fingerprint density at radius 3 is 2.79 bits per heavy atom. The fraction of sp³-hybridized carbons (Fsp3) is 0.417. The fourth-order valence-electron chi connectivity index (χ4n) is 1.30. The van der Waals surface area contributed by atoms with Gasteiger partial charge >= 0.3 is 0 Å². The van der Waals surface area contributed by atoms with Crippen molar-refractivity contribution in [2.75, 3.05) is 7.11 Å². The lowest BCUT2D eigenvalue weighted by Crippen LogP contribution is -2.09. The average molecular weight is 192 g/mol. The van der Waals surface area contributed by atoms with Gasteiger partial charge in [-0.05, 0) is 31.0 Å². The van der Waals surface area contributed by atoms with Gasteiger partial charge in [0.05, 0.1) is 7.11 Å². The molecule has 2 nitrogen and oxygen atoms in total. The molecular weight excluding hydrogens is 176 g/mol. The summed E-state index contributed by atoms with van der Waals surface area (Å²) < 4.78 is 5.11. The number of hydrogen-bond donors (Lipinski definition) is 0. The number of benzene rings is 1. The summed E-state index contributed by atoms with van der Waals surface area (Å²) in [5.74, 6) is 1.16. The van der Waals surface area contributed by atoms with E-state index in [0.29, 0.717) is 0 Å². The van der Waals surface area contributed by atoms with Crippen molar-refractivity contribution in [2.24, 2.45) is 5.92 Å². The highest BCUT2D eigenvalue weighted by atomic mass is 16.5. The molecule has 0 saturated heterocycles. The van der Waals surface area contributed by atoms with Gasteiger partial charge in [0.2, 0.25) is 0 Å². The third-order valence-electron chi connectivity index (χ3n) is 2.37. The van der Waals surface area contributed by atoms with Gasteiger partial charge < -0.3 is 4.74 Å². The second-order valence-electron chi connectivity index (χ2n) is 3.57. The van der Waals surface area contributed by atoms with Crippen LogP contribution < -0.4 is 4.74 Å². The van der Waals surface area contributed by atoms with Crippen LogP contribution in [0.15, 0.2) is 24.3 Å². The molecule has 1 rings (SSSR count). The highest BCUT2D eigenvalue weighted by Crippen LogP contribution is 2.16. The summed E-state index contributed by atoms with van der Waals surface area (Å²) in [4.78, 5) is 11.1. The van der Waals surface area contributed by atoms with E-state index < -0.39 is 0 Å². The summed E-state index contributed by atoms with van der Waals surface area (Å²) in [5, 5.41) is 0. The van der Waals surface area contributed by atoms with Crippen LogP contribution in [-0.4, -0.2) is 12.9 Å². The van der Waals surface area contributed by atoms with Gasteiger partial charge in [-0.3, -0.25) is 4.79 Å². The van der Waals surface area contributed by atoms with Crippen LogP contribution in [0.4, 0.5) is 0 Å². The lowest BCUT2D eigenvalue weighted by molar-refractivity contribution is -0.120. The first-order valence-electron chi connectivity index (χ1n) is 4.77. The Bertz CT molecular complexity index is 318. The fourth-order valence-corrected chi connectivity index (χ4v) is 1.30. The summed E-state index contributed by atoms with van der Waals surface area (Å²) in [5.41, 5.74) is 1.15. The summed E-state index contributed by atoms with van der Waals surface area (Å²) in [6.45, 7) is 3.58. The van der Waals surface area contributed by atoms with Crippen LogP contribution >= 0.6 is 0 Å². The van der Waals surface area contributed by atoms with E-state index in [2.05, 4.69) is 0 Å². The monoisotopic (exact) mass is 192 g/mol. The second-order valence-corrected chi connectivity index (χ2v) is 3.57. The molecule has 0 saturated carbocycles. The van der Waals surface area contributed by atoms with Crippen molar-refractivity contribution in [1.29, 1.82) is 0 Å². The normalized spacial score (nSPS) is 12.2. The maximum Gasteiger partial charge on any atom is 0.132 e. The highest BCUT2D eigenvalue weighted by molar-refractivity contribution is 5.78. The third-order valence-corrected chi connectivity index (χ3v) is 2.37. The average Bonchev–Trinajstić information content (AvgIpc) is 2.18. The Morgan fingerprint density at radius 1 is 1.50 bits per heavy atom. The molecule has 2 heteroatoms. The maximum atomic E-state index is 11.1. The molecule has 0 heterocycles. The molecule has 0 amide bonds. The first kappa shape index (κ1) is 10.8. The molecule has 1 aromatic carbocycles. The van der Waals surface area contributed by atoms with Crippen molar-refractivity contribution in [3.8, 4) is 5.75 Å². The van der Waals surface area contributed by atoms with Crippen molar-refractivity contribution in [1.82, 2.24) is 0 Å². The summed E-state index contributed by atoms with van der Waals surface area (Å²) >= 11 is 0. The molecule has 0 aromatic heterocycles. The van der Waals surface area contributed by atoms with E-state index in [4.69, 9.17) is 4.74 Å². The molecule has 0 spiro atoms. The molecule has 0 aliphatic rings. The topological polar surface area (TPSA) is 26.3 Å². The van der Waals surface area contributed by atoms with Gasteiger partial charge in [0.1, 0.15) is 11.5 Å². The molecule has 0 fully saturated rings. The molecule has 1 aromatic rings. The second kappa shape index (κ2) is 4.80. The van der Waals surface area contributed by atoms with Crippen LogP contribution in [0, 0.1) is 5.92 Å². The summed E-state index contributed by atoms with van der Waals surface area (Å²) in [6.07, 6.45) is 0.784. The van der Waals surface area contributed by atoms with Crippen molar-refractivity contribution in [2.45, 2.75) is 20.3 Å². The first-order valence-corrected chi connectivity index (χ1v) is 4.77. The Kier molecular flexibility index (Phi) is 3.69. The van der Waals surface area contributed by atoms with Crippen LogP contribution in [0.5, 0.6) is 5.75 Å². The minimum Gasteiger partial charge on any atom is -0.497 e. The number of ether oxygens (including phenoxy) is 1. The van der Waals surface area contributed by atoms with E-state index in [1.165, 1.54) is 0 Å². The van der Waals surface area contributed by atoms with Gasteiger partial charge in [-0.1, -0.05) is 19.1 Å². The van der Waals surface area contributed by atoms with Crippen LogP contribution in [0.25, 0.3) is 0 Å². The van der Waals surface area contributed by atoms with E-state index in [9.17, 15) is 4.79 Å². The lowest BCUT2D eigenvalue weighted by atomic mass is 9.98. The predicted octanol–water partition coefficient (Wildman–Crippen LogP) is 2.46. The molecule has 0 radical (unpaired) electrons. The Morgan fingerprint density at radius 2 is 2.21 bits per heavy atom. The molecular formula is C12H16O2. The van der Waals surface area contributed by atoms with E-state index in [1.54, 1.807) is 14.0 Å². The predicted molar refractivity (Wildman–Crippen MR) is 56.5 cm³/mol. The number of ketones is 1. The van der Waals surface area contributed by atoms with E-state index in [-0.39, 0.29) is 11.7 Å². The van der Waals surface area contributed by atoms with E-state index >= 15 is 0 Å². The molecule has 1 atom stereocenters. The lowest BCUT2D eigenvalue weighted by Gasteiger charge is -2.08. The molecule has 0 bridgehead atoms. The van der Waals surface area contributed by atoms with Gasteiger partial charge in [-0.2, -0.15) is 0 Å². The Balaban J connectivity index is 2.71. The first-order chi connectivity index (χ1) is 6.63. The number of carbonyl (C=O) groups is 1. The van der Waals surface area contributed by atoms with Crippen LogP contribution in [-0.2, 0) is 11.2 Å². The third kappa shape index (κ3) is 2.87. The number of methoxy groups -OCH3 is 1. The van der Waals surface area contributed by atoms with Crippen molar-refractivity contribution in [3.05, 3.63) is 29.8 Å². The summed E-state index contributed by atoms with van der Waals surface area (Å²) in [7, 11) is 1.65. The van der Waals surface area contributed by atoms with Gasteiger partial charge in [0.15, 0.2) is 0 Å². The van der Waals surface area contributed by atoms with E-state index in [1.807, 2.05) is 31.2 Å². The minimum absolute atomic E-state index is 0.0853. The number of Topliss-reactive ketones (excluding diaryl/α,β-unsaturated/α-hetero) is 1. The molecule has 0 unspecified atom stereocenters. The molecule has 76 valence electrons. The van der Waals surface area contributed by atoms with Crippen molar-refractivity contribution < 1.29 is 9.53 Å². The van der Waals surface area contributed by atoms with Gasteiger partial charge in [0.25, 0.3) is 0 Å².